The average Bonchev–Trinajstić information content (AvgIpc) is 2.35. The van der Waals surface area contributed by atoms with E-state index in [0.29, 0.717) is 5.75 Å². The standard InChI is InChI=1S/C15H25NOS/c1-5-10-16-15(11-18(17)12(2)3)14-9-7-6-8-13(14)4/h6-9,12,15-16H,5,10-11H2,1-4H3. The Balaban J connectivity index is 2.84. The highest BCUT2D eigenvalue weighted by molar-refractivity contribution is 7.85. The summed E-state index contributed by atoms with van der Waals surface area (Å²) in [7, 11) is -0.777. The Morgan fingerprint density at radius 2 is 1.94 bits per heavy atom. The van der Waals surface area contributed by atoms with Gasteiger partial charge in [-0.2, -0.15) is 0 Å². The maximum atomic E-state index is 12.1. The summed E-state index contributed by atoms with van der Waals surface area (Å²) in [5, 5.41) is 3.74. The van der Waals surface area contributed by atoms with Crippen molar-refractivity contribution in [2.24, 2.45) is 0 Å². The van der Waals surface area contributed by atoms with E-state index >= 15 is 0 Å². The Labute approximate surface area is 114 Å². The summed E-state index contributed by atoms with van der Waals surface area (Å²) >= 11 is 0. The Bertz CT molecular complexity index is 390. The van der Waals surface area contributed by atoms with E-state index in [2.05, 4.69) is 43.4 Å². The van der Waals surface area contributed by atoms with Crippen LogP contribution in [0.2, 0.25) is 0 Å². The molecule has 0 aliphatic carbocycles. The summed E-state index contributed by atoms with van der Waals surface area (Å²) in [5.74, 6) is 0.697. The molecule has 0 bridgehead atoms. The van der Waals surface area contributed by atoms with Crippen LogP contribution in [0.15, 0.2) is 24.3 Å². The molecule has 1 aromatic carbocycles. The molecular weight excluding hydrogens is 242 g/mol. The van der Waals surface area contributed by atoms with Crippen molar-refractivity contribution >= 4 is 10.8 Å². The highest BCUT2D eigenvalue weighted by Gasteiger charge is 2.17. The third-order valence-electron chi connectivity index (χ3n) is 3.06. The van der Waals surface area contributed by atoms with Crippen LogP contribution in [0.5, 0.6) is 0 Å². The van der Waals surface area contributed by atoms with Crippen molar-refractivity contribution in [3.63, 3.8) is 0 Å². The number of nitrogens with one attached hydrogen (secondary N) is 1. The first-order valence-corrected chi connectivity index (χ1v) is 8.10. The molecule has 1 N–H and O–H groups in total. The molecule has 0 amide bonds. The Hall–Kier alpha value is -0.670. The highest BCUT2D eigenvalue weighted by Crippen LogP contribution is 2.19. The molecule has 2 nitrogen and oxygen atoms in total. The molecule has 2 unspecified atom stereocenters. The van der Waals surface area contributed by atoms with Crippen LogP contribution in [-0.2, 0) is 10.8 Å². The third kappa shape index (κ3) is 4.54. The van der Waals surface area contributed by atoms with Crippen molar-refractivity contribution in [1.82, 2.24) is 5.32 Å². The molecule has 0 aliphatic heterocycles. The van der Waals surface area contributed by atoms with Crippen molar-refractivity contribution < 1.29 is 4.21 Å². The predicted molar refractivity (Wildman–Crippen MR) is 80.4 cm³/mol. The molecule has 1 rings (SSSR count). The molecule has 102 valence electrons. The van der Waals surface area contributed by atoms with Crippen LogP contribution >= 0.6 is 0 Å². The number of hydrogen-bond donors (Lipinski definition) is 1. The van der Waals surface area contributed by atoms with E-state index in [1.807, 2.05) is 13.8 Å². The van der Waals surface area contributed by atoms with E-state index in [1.165, 1.54) is 11.1 Å². The first-order chi connectivity index (χ1) is 8.56. The molecule has 0 fully saturated rings. The second-order valence-electron chi connectivity index (χ2n) is 4.96. The zero-order valence-electron chi connectivity index (χ0n) is 11.9. The van der Waals surface area contributed by atoms with Gasteiger partial charge in [0.15, 0.2) is 0 Å². The zero-order chi connectivity index (χ0) is 13.5. The van der Waals surface area contributed by atoms with E-state index < -0.39 is 10.8 Å². The molecule has 0 saturated carbocycles. The molecule has 0 aromatic heterocycles. The van der Waals surface area contributed by atoms with Crippen LogP contribution in [0.1, 0.15) is 44.4 Å². The molecule has 0 radical (unpaired) electrons. The fraction of sp³-hybridized carbons (Fsp3) is 0.600. The van der Waals surface area contributed by atoms with Gasteiger partial charge in [0.1, 0.15) is 0 Å². The lowest BCUT2D eigenvalue weighted by Crippen LogP contribution is -2.29. The average molecular weight is 267 g/mol. The number of benzene rings is 1. The first-order valence-electron chi connectivity index (χ1n) is 6.72. The maximum absolute atomic E-state index is 12.1. The molecule has 0 spiro atoms. The summed E-state index contributed by atoms with van der Waals surface area (Å²) in [6.45, 7) is 9.28. The summed E-state index contributed by atoms with van der Waals surface area (Å²) in [6.07, 6.45) is 1.09. The van der Waals surface area contributed by atoms with Crippen molar-refractivity contribution in [3.8, 4) is 0 Å². The smallest absolute Gasteiger partial charge is 0.0439 e. The molecule has 1 aromatic rings. The van der Waals surface area contributed by atoms with Gasteiger partial charge in [0.2, 0.25) is 0 Å². The van der Waals surface area contributed by atoms with Gasteiger partial charge in [0.05, 0.1) is 0 Å². The molecular formula is C15H25NOS. The summed E-state index contributed by atoms with van der Waals surface area (Å²) in [5.41, 5.74) is 2.55. The van der Waals surface area contributed by atoms with Gasteiger partial charge >= 0.3 is 0 Å². The van der Waals surface area contributed by atoms with Gasteiger partial charge in [-0.15, -0.1) is 0 Å². The van der Waals surface area contributed by atoms with Gasteiger partial charge in [-0.3, -0.25) is 4.21 Å². The number of rotatable bonds is 7. The first kappa shape index (κ1) is 15.4. The van der Waals surface area contributed by atoms with Gasteiger partial charge in [-0.25, -0.2) is 0 Å². The van der Waals surface area contributed by atoms with E-state index in [9.17, 15) is 4.21 Å². The molecule has 0 saturated heterocycles. The molecule has 18 heavy (non-hydrogen) atoms. The van der Waals surface area contributed by atoms with E-state index in [0.717, 1.165) is 13.0 Å². The minimum absolute atomic E-state index is 0.203. The van der Waals surface area contributed by atoms with Crippen molar-refractivity contribution in [3.05, 3.63) is 35.4 Å². The highest BCUT2D eigenvalue weighted by atomic mass is 32.2. The number of aryl methyl sites for hydroxylation is 1. The third-order valence-corrected chi connectivity index (χ3v) is 4.77. The lowest BCUT2D eigenvalue weighted by molar-refractivity contribution is 0.566. The predicted octanol–water partition coefficient (Wildman–Crippen LogP) is 3.19. The Kier molecular flexibility index (Phi) is 6.58. The van der Waals surface area contributed by atoms with Crippen molar-refractivity contribution in [1.29, 1.82) is 0 Å². The van der Waals surface area contributed by atoms with E-state index in [-0.39, 0.29) is 11.3 Å². The SMILES string of the molecule is CCCNC(CS(=O)C(C)C)c1ccccc1C. The fourth-order valence-electron chi connectivity index (χ4n) is 1.91. The van der Waals surface area contributed by atoms with E-state index in [4.69, 9.17) is 0 Å². The van der Waals surface area contributed by atoms with Crippen LogP contribution in [0.25, 0.3) is 0 Å². The van der Waals surface area contributed by atoms with Crippen LogP contribution in [0.4, 0.5) is 0 Å². The largest absolute Gasteiger partial charge is 0.309 e. The van der Waals surface area contributed by atoms with Gasteiger partial charge in [-0.05, 0) is 31.0 Å². The second kappa shape index (κ2) is 7.70. The molecule has 0 aliphatic rings. The van der Waals surface area contributed by atoms with Crippen molar-refractivity contribution in [2.75, 3.05) is 12.3 Å². The van der Waals surface area contributed by atoms with E-state index in [1.54, 1.807) is 0 Å². The van der Waals surface area contributed by atoms with Crippen LogP contribution in [-0.4, -0.2) is 21.8 Å². The maximum Gasteiger partial charge on any atom is 0.0439 e. The minimum Gasteiger partial charge on any atom is -0.309 e. The minimum atomic E-state index is -0.777. The molecule has 3 heteroatoms. The lowest BCUT2D eigenvalue weighted by atomic mass is 10.0. The summed E-state index contributed by atoms with van der Waals surface area (Å²) in [4.78, 5) is 0. The van der Waals surface area contributed by atoms with Gasteiger partial charge < -0.3 is 5.32 Å². The van der Waals surface area contributed by atoms with Crippen molar-refractivity contribution in [2.45, 2.75) is 45.4 Å². The van der Waals surface area contributed by atoms with Gasteiger partial charge in [-0.1, -0.05) is 45.0 Å². The molecule has 0 heterocycles. The topological polar surface area (TPSA) is 29.1 Å². The Morgan fingerprint density at radius 1 is 1.28 bits per heavy atom. The van der Waals surface area contributed by atoms with Gasteiger partial charge in [0, 0.05) is 27.8 Å². The molecule has 2 atom stereocenters. The quantitative estimate of drug-likeness (QED) is 0.822. The number of hydrogen-bond acceptors (Lipinski definition) is 2. The van der Waals surface area contributed by atoms with Gasteiger partial charge in [0.25, 0.3) is 0 Å². The summed E-state index contributed by atoms with van der Waals surface area (Å²) in [6, 6.07) is 8.57. The van der Waals surface area contributed by atoms with Crippen LogP contribution < -0.4 is 5.32 Å². The zero-order valence-corrected chi connectivity index (χ0v) is 12.7. The van der Waals surface area contributed by atoms with Crippen LogP contribution in [0.3, 0.4) is 0 Å². The Morgan fingerprint density at radius 3 is 2.50 bits per heavy atom. The normalized spacial score (nSPS) is 14.7. The fourth-order valence-corrected chi connectivity index (χ4v) is 2.92. The monoisotopic (exact) mass is 267 g/mol. The summed E-state index contributed by atoms with van der Waals surface area (Å²) < 4.78 is 12.1. The second-order valence-corrected chi connectivity index (χ2v) is 7.00. The van der Waals surface area contributed by atoms with Crippen LogP contribution in [0, 0.1) is 6.92 Å². The lowest BCUT2D eigenvalue weighted by Gasteiger charge is -2.21.